The Morgan fingerprint density at radius 1 is 0.478 bits per heavy atom. The van der Waals surface area contributed by atoms with E-state index in [1.807, 2.05) is 0 Å². The van der Waals surface area contributed by atoms with Crippen molar-refractivity contribution in [1.82, 2.24) is 24.9 Å². The minimum atomic E-state index is 1.11. The molecule has 0 atom stereocenters. The van der Waals surface area contributed by atoms with Crippen molar-refractivity contribution in [2.45, 2.75) is 27.7 Å². The van der Waals surface area contributed by atoms with E-state index >= 15 is 0 Å². The molecule has 0 aromatic heterocycles. The van der Waals surface area contributed by atoms with Gasteiger partial charge in [0.05, 0.1) is 0 Å². The van der Waals surface area contributed by atoms with E-state index in [0.717, 1.165) is 39.3 Å². The molecular weight excluding hydrogens is 286 g/mol. The fourth-order valence-corrected chi connectivity index (χ4v) is 3.16. The third-order valence-corrected chi connectivity index (χ3v) is 5.20. The van der Waals surface area contributed by atoms with Crippen molar-refractivity contribution >= 4 is 0 Å². The zero-order valence-corrected chi connectivity index (χ0v) is 16.2. The maximum atomic E-state index is 3.62. The summed E-state index contributed by atoms with van der Waals surface area (Å²) in [4.78, 5) is 10.4. The first-order chi connectivity index (χ1) is 11.2. The monoisotopic (exact) mass is 327 g/mol. The molecule has 0 aromatic carbocycles. The second kappa shape index (κ2) is 13.1. The van der Waals surface area contributed by atoms with Crippen LogP contribution in [0.1, 0.15) is 27.7 Å². The van der Waals surface area contributed by atoms with Gasteiger partial charge in [0.1, 0.15) is 0 Å². The molecule has 0 unspecified atom stereocenters. The van der Waals surface area contributed by atoms with E-state index in [1.165, 1.54) is 52.4 Å². The van der Waals surface area contributed by atoms with Crippen LogP contribution in [-0.2, 0) is 0 Å². The summed E-state index contributed by atoms with van der Waals surface area (Å²) in [6.45, 7) is 25.5. The quantitative estimate of drug-likeness (QED) is 0.826. The lowest BCUT2D eigenvalue weighted by atomic mass is 10.3. The van der Waals surface area contributed by atoms with Crippen molar-refractivity contribution in [3.63, 3.8) is 0 Å². The highest BCUT2D eigenvalue weighted by Crippen LogP contribution is 1.97. The second-order valence-electron chi connectivity index (χ2n) is 6.49. The lowest BCUT2D eigenvalue weighted by Gasteiger charge is -2.29. The Morgan fingerprint density at radius 2 is 0.739 bits per heavy atom. The normalized spacial score (nSPS) is 23.5. The van der Waals surface area contributed by atoms with Gasteiger partial charge in [0.25, 0.3) is 0 Å². The molecule has 0 aromatic rings. The first kappa shape index (κ1) is 20.8. The van der Waals surface area contributed by atoms with E-state index in [9.17, 15) is 0 Å². The van der Waals surface area contributed by atoms with Gasteiger partial charge < -0.3 is 24.9 Å². The Kier molecular flexibility index (Phi) is 11.9. The van der Waals surface area contributed by atoms with E-state index in [1.54, 1.807) is 0 Å². The van der Waals surface area contributed by atoms with Gasteiger partial charge in [-0.3, -0.25) is 0 Å². The van der Waals surface area contributed by atoms with Crippen molar-refractivity contribution in [3.8, 4) is 0 Å². The lowest BCUT2D eigenvalue weighted by molar-refractivity contribution is 0.176. The Balaban J connectivity index is 2.58. The van der Waals surface area contributed by atoms with E-state index in [-0.39, 0.29) is 0 Å². The predicted molar refractivity (Wildman–Crippen MR) is 101 cm³/mol. The van der Waals surface area contributed by atoms with Crippen molar-refractivity contribution in [2.75, 3.05) is 91.6 Å². The average Bonchev–Trinajstić information content (AvgIpc) is 2.59. The van der Waals surface area contributed by atoms with Crippen LogP contribution in [0.15, 0.2) is 0 Å². The van der Waals surface area contributed by atoms with E-state index in [4.69, 9.17) is 0 Å². The Hall–Kier alpha value is -0.200. The number of likely N-dealkylation sites (N-methyl/N-ethyl adjacent to an activating group) is 4. The van der Waals surface area contributed by atoms with Gasteiger partial charge in [0, 0.05) is 65.4 Å². The molecule has 0 saturated carbocycles. The summed E-state index contributed by atoms with van der Waals surface area (Å²) in [7, 11) is 0. The molecule has 1 heterocycles. The van der Waals surface area contributed by atoms with Gasteiger partial charge in [0.15, 0.2) is 0 Å². The maximum Gasteiger partial charge on any atom is 0.0110 e. The topological polar surface area (TPSA) is 25.0 Å². The summed E-state index contributed by atoms with van der Waals surface area (Å²) >= 11 is 0. The van der Waals surface area contributed by atoms with Crippen molar-refractivity contribution in [1.29, 1.82) is 0 Å². The highest BCUT2D eigenvalue weighted by Gasteiger charge is 2.11. The predicted octanol–water partition coefficient (Wildman–Crippen LogP) is 0.877. The summed E-state index contributed by atoms with van der Waals surface area (Å²) in [6, 6.07) is 0. The zero-order chi connectivity index (χ0) is 16.9. The Labute approximate surface area is 145 Å². The zero-order valence-electron chi connectivity index (χ0n) is 16.2. The molecule has 0 bridgehead atoms. The molecule has 5 heteroatoms. The van der Waals surface area contributed by atoms with E-state index < -0.39 is 0 Å². The largest absolute Gasteiger partial charge is 0.314 e. The fourth-order valence-electron chi connectivity index (χ4n) is 3.16. The lowest BCUT2D eigenvalue weighted by Crippen LogP contribution is -2.42. The SMILES string of the molecule is CCN1CCNCCN(CC)CCN(CC)CCN(CC)CC1. The number of nitrogens with one attached hydrogen (secondary N) is 1. The third-order valence-electron chi connectivity index (χ3n) is 5.20. The average molecular weight is 328 g/mol. The molecule has 0 aliphatic carbocycles. The number of rotatable bonds is 4. The molecule has 1 aliphatic rings. The molecule has 138 valence electrons. The summed E-state index contributed by atoms with van der Waals surface area (Å²) < 4.78 is 0. The molecule has 1 saturated heterocycles. The van der Waals surface area contributed by atoms with Crippen LogP contribution in [0.3, 0.4) is 0 Å². The van der Waals surface area contributed by atoms with E-state index in [2.05, 4.69) is 52.6 Å². The molecule has 0 amide bonds. The summed E-state index contributed by atoms with van der Waals surface area (Å²) in [5, 5.41) is 3.62. The molecular formula is C18H41N5. The number of hydrogen-bond donors (Lipinski definition) is 1. The Bertz CT molecular complexity index is 248. The second-order valence-corrected chi connectivity index (χ2v) is 6.49. The van der Waals surface area contributed by atoms with Crippen molar-refractivity contribution < 1.29 is 0 Å². The van der Waals surface area contributed by atoms with Crippen LogP contribution in [0.2, 0.25) is 0 Å². The minimum absolute atomic E-state index is 1.11. The van der Waals surface area contributed by atoms with Crippen LogP contribution in [-0.4, -0.2) is 111 Å². The number of hydrogen-bond acceptors (Lipinski definition) is 5. The molecule has 1 fully saturated rings. The molecule has 0 spiro atoms. The molecule has 1 N–H and O–H groups in total. The van der Waals surface area contributed by atoms with Gasteiger partial charge in [-0.1, -0.05) is 27.7 Å². The third kappa shape index (κ3) is 9.01. The molecule has 5 nitrogen and oxygen atoms in total. The molecule has 23 heavy (non-hydrogen) atoms. The fraction of sp³-hybridized carbons (Fsp3) is 1.00. The van der Waals surface area contributed by atoms with Crippen LogP contribution in [0.4, 0.5) is 0 Å². The molecule has 1 rings (SSSR count). The van der Waals surface area contributed by atoms with Crippen LogP contribution in [0.25, 0.3) is 0 Å². The summed E-state index contributed by atoms with van der Waals surface area (Å²) in [6.07, 6.45) is 0. The highest BCUT2D eigenvalue weighted by molar-refractivity contribution is 4.68. The first-order valence-corrected chi connectivity index (χ1v) is 9.83. The van der Waals surface area contributed by atoms with Crippen molar-refractivity contribution in [2.24, 2.45) is 0 Å². The standard InChI is InChI=1S/C18H41N5/c1-5-20-11-9-19-10-12-21(6-2)14-16-23(8-4)18-17-22(7-3)15-13-20/h19H,5-18H2,1-4H3. The van der Waals surface area contributed by atoms with Crippen molar-refractivity contribution in [3.05, 3.63) is 0 Å². The van der Waals surface area contributed by atoms with Crippen LogP contribution in [0.5, 0.6) is 0 Å². The highest BCUT2D eigenvalue weighted by atomic mass is 15.2. The number of nitrogens with zero attached hydrogens (tertiary/aromatic N) is 4. The van der Waals surface area contributed by atoms with E-state index in [0.29, 0.717) is 0 Å². The first-order valence-electron chi connectivity index (χ1n) is 9.83. The minimum Gasteiger partial charge on any atom is -0.314 e. The smallest absolute Gasteiger partial charge is 0.0110 e. The van der Waals surface area contributed by atoms with Gasteiger partial charge in [-0.25, -0.2) is 0 Å². The van der Waals surface area contributed by atoms with Crippen LogP contribution < -0.4 is 5.32 Å². The molecule has 0 radical (unpaired) electrons. The van der Waals surface area contributed by atoms with Gasteiger partial charge in [-0.05, 0) is 26.2 Å². The Morgan fingerprint density at radius 3 is 1.00 bits per heavy atom. The van der Waals surface area contributed by atoms with Gasteiger partial charge >= 0.3 is 0 Å². The maximum absolute atomic E-state index is 3.62. The van der Waals surface area contributed by atoms with Gasteiger partial charge in [-0.15, -0.1) is 0 Å². The summed E-state index contributed by atoms with van der Waals surface area (Å²) in [5.74, 6) is 0. The van der Waals surface area contributed by atoms with Crippen LogP contribution >= 0.6 is 0 Å². The van der Waals surface area contributed by atoms with Crippen LogP contribution in [0, 0.1) is 0 Å². The van der Waals surface area contributed by atoms with Gasteiger partial charge in [0.2, 0.25) is 0 Å². The molecule has 1 aliphatic heterocycles. The van der Waals surface area contributed by atoms with Gasteiger partial charge in [-0.2, -0.15) is 0 Å². The summed E-state index contributed by atoms with van der Waals surface area (Å²) in [5.41, 5.74) is 0.